The topological polar surface area (TPSA) is 50.7 Å². The summed E-state index contributed by atoms with van der Waals surface area (Å²) in [6.45, 7) is 0. The van der Waals surface area contributed by atoms with Crippen molar-refractivity contribution in [2.45, 2.75) is 6.18 Å². The van der Waals surface area contributed by atoms with E-state index in [1.807, 2.05) is 0 Å². The lowest BCUT2D eigenvalue weighted by molar-refractivity contribution is -0.136. The minimum Gasteiger partial charge on any atom is -0.306 e. The van der Waals surface area contributed by atoms with Crippen LogP contribution in [0.5, 0.6) is 0 Å². The Morgan fingerprint density at radius 1 is 1.20 bits per heavy atom. The van der Waals surface area contributed by atoms with Crippen LogP contribution in [-0.2, 0) is 13.2 Å². The summed E-state index contributed by atoms with van der Waals surface area (Å²) in [5.74, 6) is 0. The van der Waals surface area contributed by atoms with Crippen molar-refractivity contribution < 1.29 is 13.2 Å². The average molecular weight is 406 g/mol. The zero-order valence-electron chi connectivity index (χ0n) is 12.4. The first-order chi connectivity index (χ1) is 11.6. The Morgan fingerprint density at radius 3 is 2.48 bits per heavy atom. The van der Waals surface area contributed by atoms with Gasteiger partial charge in [-0.3, -0.25) is 9.78 Å². The number of rotatable bonds is 1. The normalized spacial score (nSPS) is 11.9. The molecular formula is C15H8Cl2F3N3OS. The van der Waals surface area contributed by atoms with E-state index in [4.69, 9.17) is 35.4 Å². The SMILES string of the molecule is Cn1c(=S)[nH]c(=O)c2c(C(F)(F)F)cc(-c3ccc(Cl)c(Cl)c3)nc21. The standard InChI is InChI=1S/C15H8Cl2F3N3OS/c1-23-12-11(13(24)22-14(23)25)7(15(18,19)20)5-10(21-12)6-2-3-8(16)9(17)4-6/h2-5H,1H3,(H,22,24,25). The van der Waals surface area contributed by atoms with Gasteiger partial charge in [-0.1, -0.05) is 29.3 Å². The highest BCUT2D eigenvalue weighted by atomic mass is 35.5. The van der Waals surface area contributed by atoms with Gasteiger partial charge in [-0.05, 0) is 30.4 Å². The monoisotopic (exact) mass is 405 g/mol. The Hall–Kier alpha value is -1.90. The molecule has 0 saturated heterocycles. The van der Waals surface area contributed by atoms with Gasteiger partial charge in [0.05, 0.1) is 26.7 Å². The fraction of sp³-hybridized carbons (Fsp3) is 0.133. The Labute approximate surface area is 153 Å². The number of hydrogen-bond donors (Lipinski definition) is 1. The third-order valence-electron chi connectivity index (χ3n) is 3.59. The maximum absolute atomic E-state index is 13.5. The number of nitrogens with zero attached hydrogens (tertiary/aromatic N) is 2. The third-order valence-corrected chi connectivity index (χ3v) is 4.71. The highest BCUT2D eigenvalue weighted by molar-refractivity contribution is 7.71. The van der Waals surface area contributed by atoms with Gasteiger partial charge >= 0.3 is 6.18 Å². The van der Waals surface area contributed by atoms with Crippen molar-refractivity contribution in [2.24, 2.45) is 7.05 Å². The van der Waals surface area contributed by atoms with E-state index in [0.717, 1.165) is 6.07 Å². The predicted octanol–water partition coefficient (Wildman–Crippen LogP) is 4.98. The average Bonchev–Trinajstić information content (AvgIpc) is 2.53. The van der Waals surface area contributed by atoms with Crippen molar-refractivity contribution >= 4 is 46.5 Å². The number of benzene rings is 1. The molecule has 0 aliphatic carbocycles. The summed E-state index contributed by atoms with van der Waals surface area (Å²) in [4.78, 5) is 18.5. The number of fused-ring (bicyclic) bond motifs is 1. The highest BCUT2D eigenvalue weighted by Crippen LogP contribution is 2.36. The van der Waals surface area contributed by atoms with Gasteiger partial charge in [-0.25, -0.2) is 4.98 Å². The van der Waals surface area contributed by atoms with Crippen LogP contribution in [0, 0.1) is 4.77 Å². The maximum atomic E-state index is 13.5. The van der Waals surface area contributed by atoms with Crippen LogP contribution in [0.4, 0.5) is 13.2 Å². The zero-order chi connectivity index (χ0) is 18.5. The van der Waals surface area contributed by atoms with E-state index in [2.05, 4.69) is 9.97 Å². The fourth-order valence-electron chi connectivity index (χ4n) is 2.36. The molecule has 3 aromatic rings. The van der Waals surface area contributed by atoms with Crippen molar-refractivity contribution in [3.8, 4) is 11.3 Å². The first-order valence-electron chi connectivity index (χ1n) is 6.76. The molecule has 2 heterocycles. The van der Waals surface area contributed by atoms with Crippen molar-refractivity contribution in [3.05, 3.63) is 55.0 Å². The molecule has 2 aromatic heterocycles. The summed E-state index contributed by atoms with van der Waals surface area (Å²) in [6, 6.07) is 5.15. The highest BCUT2D eigenvalue weighted by Gasteiger charge is 2.35. The zero-order valence-corrected chi connectivity index (χ0v) is 14.7. The van der Waals surface area contributed by atoms with Crippen molar-refractivity contribution in [3.63, 3.8) is 0 Å². The quantitative estimate of drug-likeness (QED) is 0.580. The van der Waals surface area contributed by atoms with E-state index < -0.39 is 22.7 Å². The van der Waals surface area contributed by atoms with Crippen molar-refractivity contribution in [1.82, 2.24) is 14.5 Å². The number of halogens is 5. The number of aryl methyl sites for hydroxylation is 1. The number of alkyl halides is 3. The summed E-state index contributed by atoms with van der Waals surface area (Å²) in [5, 5.41) is -0.140. The molecule has 1 aromatic carbocycles. The number of aromatic amines is 1. The fourth-order valence-corrected chi connectivity index (χ4v) is 2.84. The molecule has 0 fully saturated rings. The lowest BCUT2D eigenvalue weighted by atomic mass is 10.1. The van der Waals surface area contributed by atoms with Gasteiger partial charge in [0.2, 0.25) is 0 Å². The first-order valence-corrected chi connectivity index (χ1v) is 7.92. The van der Waals surface area contributed by atoms with Crippen LogP contribution >= 0.6 is 35.4 Å². The molecule has 0 spiro atoms. The maximum Gasteiger partial charge on any atom is 0.417 e. The van der Waals surface area contributed by atoms with E-state index in [9.17, 15) is 18.0 Å². The second-order valence-electron chi connectivity index (χ2n) is 5.20. The summed E-state index contributed by atoms with van der Waals surface area (Å²) in [7, 11) is 1.42. The van der Waals surface area contributed by atoms with Gasteiger partial charge in [0.15, 0.2) is 4.77 Å². The molecule has 0 aliphatic rings. The Morgan fingerprint density at radius 2 is 1.88 bits per heavy atom. The molecule has 25 heavy (non-hydrogen) atoms. The number of pyridine rings is 1. The van der Waals surface area contributed by atoms with Crippen LogP contribution in [0.3, 0.4) is 0 Å². The van der Waals surface area contributed by atoms with E-state index in [1.54, 1.807) is 0 Å². The smallest absolute Gasteiger partial charge is 0.306 e. The Balaban J connectivity index is 2.47. The minimum absolute atomic E-state index is 0.00556. The van der Waals surface area contributed by atoms with E-state index in [1.165, 1.54) is 29.8 Å². The van der Waals surface area contributed by atoms with E-state index >= 15 is 0 Å². The summed E-state index contributed by atoms with van der Waals surface area (Å²) in [6.07, 6.45) is -4.75. The molecule has 0 radical (unpaired) electrons. The third kappa shape index (κ3) is 3.17. The van der Waals surface area contributed by atoms with Gasteiger partial charge < -0.3 is 4.57 Å². The Bertz CT molecular complexity index is 1120. The lowest BCUT2D eigenvalue weighted by Crippen LogP contribution is -2.19. The van der Waals surface area contributed by atoms with Gasteiger partial charge in [0.25, 0.3) is 5.56 Å². The molecule has 0 saturated carbocycles. The number of hydrogen-bond acceptors (Lipinski definition) is 3. The first kappa shape index (κ1) is 17.9. The molecular weight excluding hydrogens is 398 g/mol. The van der Waals surface area contributed by atoms with Crippen LogP contribution < -0.4 is 5.56 Å². The molecule has 0 amide bonds. The van der Waals surface area contributed by atoms with Crippen molar-refractivity contribution in [2.75, 3.05) is 0 Å². The van der Waals surface area contributed by atoms with Crippen molar-refractivity contribution in [1.29, 1.82) is 0 Å². The van der Waals surface area contributed by atoms with Gasteiger partial charge in [0.1, 0.15) is 5.65 Å². The van der Waals surface area contributed by atoms with Gasteiger partial charge in [-0.15, -0.1) is 0 Å². The summed E-state index contributed by atoms with van der Waals surface area (Å²) >= 11 is 16.7. The minimum atomic E-state index is -4.75. The molecule has 1 N–H and O–H groups in total. The van der Waals surface area contributed by atoms with Gasteiger partial charge in [0, 0.05) is 12.6 Å². The van der Waals surface area contributed by atoms with Crippen LogP contribution in [0.15, 0.2) is 29.1 Å². The second kappa shape index (κ2) is 6.12. The van der Waals surface area contributed by atoms with Gasteiger partial charge in [-0.2, -0.15) is 13.2 Å². The molecule has 0 bridgehead atoms. The Kier molecular flexibility index (Phi) is 4.38. The molecule has 10 heteroatoms. The number of H-pyrrole nitrogens is 1. The second-order valence-corrected chi connectivity index (χ2v) is 6.40. The molecule has 0 unspecified atom stereocenters. The predicted molar refractivity (Wildman–Crippen MR) is 92.6 cm³/mol. The molecule has 130 valence electrons. The molecule has 0 atom stereocenters. The molecule has 0 aliphatic heterocycles. The van der Waals surface area contributed by atoms with Crippen LogP contribution in [0.1, 0.15) is 5.56 Å². The van der Waals surface area contributed by atoms with E-state index in [-0.39, 0.29) is 26.2 Å². The molecule has 4 nitrogen and oxygen atoms in total. The molecule has 3 rings (SSSR count). The van der Waals surface area contributed by atoms with E-state index in [0.29, 0.717) is 5.56 Å². The van der Waals surface area contributed by atoms with Crippen LogP contribution in [0.2, 0.25) is 10.0 Å². The largest absolute Gasteiger partial charge is 0.417 e. The summed E-state index contributed by atoms with van der Waals surface area (Å²) < 4.78 is 41.7. The number of nitrogens with one attached hydrogen (secondary N) is 1. The van der Waals surface area contributed by atoms with Crippen LogP contribution in [-0.4, -0.2) is 14.5 Å². The number of aromatic nitrogens is 3. The lowest BCUT2D eigenvalue weighted by Gasteiger charge is -2.14. The van der Waals surface area contributed by atoms with Crippen LogP contribution in [0.25, 0.3) is 22.3 Å². The summed E-state index contributed by atoms with van der Waals surface area (Å²) in [5.41, 5.74) is -1.91.